The Balaban J connectivity index is 1.51. The van der Waals surface area contributed by atoms with Gasteiger partial charge in [0.2, 0.25) is 0 Å². The maximum Gasteiger partial charge on any atom is 0.416 e. The van der Waals surface area contributed by atoms with E-state index < -0.39 is 11.7 Å². The smallest absolute Gasteiger partial charge is 0.319 e. The first-order valence-electron chi connectivity index (χ1n) is 10.4. The molecule has 4 aromatic rings. The lowest BCUT2D eigenvalue weighted by Crippen LogP contribution is -2.14. The highest BCUT2D eigenvalue weighted by Gasteiger charge is 2.30. The van der Waals surface area contributed by atoms with Crippen molar-refractivity contribution in [1.82, 2.24) is 19.6 Å². The number of hydrogen-bond donors (Lipinski definition) is 1. The van der Waals surface area contributed by atoms with E-state index in [0.29, 0.717) is 34.7 Å². The molecule has 6 nitrogen and oxygen atoms in total. The van der Waals surface area contributed by atoms with Crippen LogP contribution in [0.4, 0.5) is 18.9 Å². The van der Waals surface area contributed by atoms with Crippen LogP contribution < -0.4 is 5.32 Å². The second-order valence-electron chi connectivity index (χ2n) is 7.91. The van der Waals surface area contributed by atoms with E-state index in [4.69, 9.17) is 0 Å². The predicted octanol–water partition coefficient (Wildman–Crippen LogP) is 5.83. The fourth-order valence-electron chi connectivity index (χ4n) is 3.66. The lowest BCUT2D eigenvalue weighted by molar-refractivity contribution is -0.137. The molecule has 0 saturated heterocycles. The van der Waals surface area contributed by atoms with Gasteiger partial charge in [0.25, 0.3) is 5.91 Å². The molecule has 1 amide bonds. The number of nitrogens with one attached hydrogen (secondary N) is 1. The van der Waals surface area contributed by atoms with Gasteiger partial charge >= 0.3 is 6.18 Å². The minimum atomic E-state index is -4.41. The molecule has 0 spiro atoms. The van der Waals surface area contributed by atoms with Gasteiger partial charge in [0.05, 0.1) is 46.4 Å². The molecule has 0 fully saturated rings. The summed E-state index contributed by atoms with van der Waals surface area (Å²) < 4.78 is 43.3. The lowest BCUT2D eigenvalue weighted by Gasteiger charge is -2.10. The van der Waals surface area contributed by atoms with Gasteiger partial charge in [-0.1, -0.05) is 24.3 Å². The van der Waals surface area contributed by atoms with Crippen LogP contribution >= 0.6 is 15.9 Å². The van der Waals surface area contributed by atoms with E-state index in [1.807, 2.05) is 12.3 Å². The highest BCUT2D eigenvalue weighted by Crippen LogP contribution is 2.30. The molecule has 176 valence electrons. The van der Waals surface area contributed by atoms with Crippen molar-refractivity contribution in [3.05, 3.63) is 99.0 Å². The number of aryl methyl sites for hydroxylation is 1. The zero-order valence-electron chi connectivity index (χ0n) is 18.4. The highest BCUT2D eigenvalue weighted by atomic mass is 79.9. The van der Waals surface area contributed by atoms with Crippen molar-refractivity contribution in [2.75, 3.05) is 5.32 Å². The average molecular weight is 532 g/mol. The number of hydrogen-bond acceptors (Lipinski definition) is 3. The van der Waals surface area contributed by atoms with Crippen molar-refractivity contribution in [3.8, 4) is 0 Å². The zero-order valence-corrected chi connectivity index (χ0v) is 20.0. The largest absolute Gasteiger partial charge is 0.416 e. The van der Waals surface area contributed by atoms with Crippen molar-refractivity contribution < 1.29 is 18.0 Å². The first-order chi connectivity index (χ1) is 16.1. The van der Waals surface area contributed by atoms with Crippen LogP contribution in [0.3, 0.4) is 0 Å². The third-order valence-corrected chi connectivity index (χ3v) is 5.75. The van der Waals surface area contributed by atoms with E-state index >= 15 is 0 Å². The number of carbonyl (C=O) groups is 1. The molecule has 0 saturated carbocycles. The minimum Gasteiger partial charge on any atom is -0.319 e. The summed E-state index contributed by atoms with van der Waals surface area (Å²) in [6.45, 7) is 4.19. The molecule has 0 radical (unpaired) electrons. The summed E-state index contributed by atoms with van der Waals surface area (Å²) in [6.07, 6.45) is -0.871. The van der Waals surface area contributed by atoms with Gasteiger partial charge in [-0.25, -0.2) is 0 Å². The molecule has 0 aliphatic rings. The predicted molar refractivity (Wildman–Crippen MR) is 126 cm³/mol. The monoisotopic (exact) mass is 531 g/mol. The van der Waals surface area contributed by atoms with Crippen molar-refractivity contribution in [2.45, 2.75) is 33.1 Å². The number of halogens is 4. The first kappa shape index (κ1) is 23.7. The molecule has 0 aliphatic heterocycles. The number of anilines is 1. The van der Waals surface area contributed by atoms with Crippen molar-refractivity contribution >= 4 is 27.5 Å². The van der Waals surface area contributed by atoms with Gasteiger partial charge in [0.15, 0.2) is 0 Å². The summed E-state index contributed by atoms with van der Waals surface area (Å²) >= 11 is 3.36. The Kier molecular flexibility index (Phi) is 6.60. The molecule has 0 atom stereocenters. The maximum atomic E-state index is 13.0. The molecule has 0 unspecified atom stereocenters. The van der Waals surface area contributed by atoms with Gasteiger partial charge in [-0.05, 0) is 65.2 Å². The zero-order chi connectivity index (χ0) is 24.5. The first-order valence-corrected chi connectivity index (χ1v) is 11.2. The van der Waals surface area contributed by atoms with E-state index in [1.165, 1.54) is 6.07 Å². The van der Waals surface area contributed by atoms with E-state index in [9.17, 15) is 18.0 Å². The summed E-state index contributed by atoms with van der Waals surface area (Å²) in [4.78, 5) is 12.9. The van der Waals surface area contributed by atoms with E-state index in [-0.39, 0.29) is 12.5 Å². The Morgan fingerprint density at radius 3 is 2.44 bits per heavy atom. The Labute approximate surface area is 202 Å². The molecular formula is C24H21BrF3N5O. The summed E-state index contributed by atoms with van der Waals surface area (Å²) in [6, 6.07) is 12.4. The number of amides is 1. The molecule has 2 heterocycles. The average Bonchev–Trinajstić information content (AvgIpc) is 3.31. The van der Waals surface area contributed by atoms with Crippen LogP contribution in [0.1, 0.15) is 38.4 Å². The Morgan fingerprint density at radius 2 is 1.76 bits per heavy atom. The topological polar surface area (TPSA) is 64.7 Å². The summed E-state index contributed by atoms with van der Waals surface area (Å²) in [7, 11) is 0. The van der Waals surface area contributed by atoms with Crippen LogP contribution in [0.25, 0.3) is 0 Å². The Morgan fingerprint density at radius 1 is 1.06 bits per heavy atom. The standard InChI is InChI=1S/C24H21BrF3N5O/c1-15-22(16(2)33(31-15)13-18-6-4-8-20(10-18)24(26,27)28)30-23(34)19-7-3-5-17(9-19)12-32-14-21(25)11-29-32/h3-11,14H,12-13H2,1-2H3,(H,30,34). The SMILES string of the molecule is Cc1nn(Cc2cccc(C(F)(F)F)c2)c(C)c1NC(=O)c1cccc(Cn2cc(Br)cn2)c1. The van der Waals surface area contributed by atoms with Gasteiger partial charge in [0.1, 0.15) is 0 Å². The fraction of sp³-hybridized carbons (Fsp3) is 0.208. The molecule has 0 bridgehead atoms. The number of nitrogens with zero attached hydrogens (tertiary/aromatic N) is 4. The van der Waals surface area contributed by atoms with E-state index in [2.05, 4.69) is 31.4 Å². The number of alkyl halides is 3. The van der Waals surface area contributed by atoms with Crippen LogP contribution in [0.15, 0.2) is 65.4 Å². The molecule has 2 aromatic carbocycles. The van der Waals surface area contributed by atoms with Crippen LogP contribution in [0.2, 0.25) is 0 Å². The molecule has 10 heteroatoms. The number of carbonyl (C=O) groups excluding carboxylic acids is 1. The van der Waals surface area contributed by atoms with Crippen LogP contribution in [-0.4, -0.2) is 25.5 Å². The minimum absolute atomic E-state index is 0.154. The molecule has 0 aliphatic carbocycles. The normalized spacial score (nSPS) is 11.6. The van der Waals surface area contributed by atoms with Crippen LogP contribution in [0.5, 0.6) is 0 Å². The third-order valence-electron chi connectivity index (χ3n) is 5.34. The van der Waals surface area contributed by atoms with Gasteiger partial charge in [0, 0.05) is 11.8 Å². The van der Waals surface area contributed by atoms with Crippen molar-refractivity contribution in [3.63, 3.8) is 0 Å². The van der Waals surface area contributed by atoms with E-state index in [1.54, 1.807) is 53.7 Å². The Bertz CT molecular complexity index is 1340. The molecule has 2 aromatic heterocycles. The summed E-state index contributed by atoms with van der Waals surface area (Å²) in [5.41, 5.74) is 2.93. The lowest BCUT2D eigenvalue weighted by atomic mass is 10.1. The summed E-state index contributed by atoms with van der Waals surface area (Å²) in [5.74, 6) is -0.298. The summed E-state index contributed by atoms with van der Waals surface area (Å²) in [5, 5.41) is 11.6. The number of rotatable bonds is 6. The molecule has 4 rings (SSSR count). The highest BCUT2D eigenvalue weighted by molar-refractivity contribution is 9.10. The number of aromatic nitrogens is 4. The van der Waals surface area contributed by atoms with Gasteiger partial charge in [-0.2, -0.15) is 23.4 Å². The van der Waals surface area contributed by atoms with Gasteiger partial charge in [-0.15, -0.1) is 0 Å². The van der Waals surface area contributed by atoms with Gasteiger partial charge in [-0.3, -0.25) is 14.2 Å². The number of benzene rings is 2. The maximum absolute atomic E-state index is 13.0. The van der Waals surface area contributed by atoms with Crippen LogP contribution in [-0.2, 0) is 19.3 Å². The molecule has 1 N–H and O–H groups in total. The quantitative estimate of drug-likeness (QED) is 0.340. The fourth-order valence-corrected chi connectivity index (χ4v) is 3.99. The van der Waals surface area contributed by atoms with Crippen molar-refractivity contribution in [2.24, 2.45) is 0 Å². The van der Waals surface area contributed by atoms with Crippen LogP contribution in [0, 0.1) is 13.8 Å². The Hall–Kier alpha value is -3.40. The van der Waals surface area contributed by atoms with Gasteiger partial charge < -0.3 is 5.32 Å². The second kappa shape index (κ2) is 9.46. The molecular weight excluding hydrogens is 511 g/mol. The van der Waals surface area contributed by atoms with E-state index in [0.717, 1.165) is 22.2 Å². The molecule has 34 heavy (non-hydrogen) atoms. The van der Waals surface area contributed by atoms with Crippen molar-refractivity contribution in [1.29, 1.82) is 0 Å². The third kappa shape index (κ3) is 5.39. The second-order valence-corrected chi connectivity index (χ2v) is 8.83.